The second-order valence-electron chi connectivity index (χ2n) is 3.95. The normalized spacial score (nSPS) is 10.5. The van der Waals surface area contributed by atoms with Crippen molar-refractivity contribution < 1.29 is 9.59 Å². The number of anilines is 1. The summed E-state index contributed by atoms with van der Waals surface area (Å²) in [6.45, 7) is 1.26. The molecule has 0 saturated heterocycles. The van der Waals surface area contributed by atoms with Gasteiger partial charge in [-0.15, -0.1) is 0 Å². The third-order valence-electron chi connectivity index (χ3n) is 2.70. The fourth-order valence-electron chi connectivity index (χ4n) is 1.69. The summed E-state index contributed by atoms with van der Waals surface area (Å²) in [4.78, 5) is 28.1. The van der Waals surface area contributed by atoms with Crippen molar-refractivity contribution in [2.24, 2.45) is 7.05 Å². The average molecular weight is 231 g/mol. The zero-order chi connectivity index (χ0) is 12.6. The van der Waals surface area contributed by atoms with Crippen LogP contribution in [0.2, 0.25) is 0 Å². The summed E-state index contributed by atoms with van der Waals surface area (Å²) in [5, 5.41) is 0. The van der Waals surface area contributed by atoms with Crippen molar-refractivity contribution in [3.8, 4) is 0 Å². The van der Waals surface area contributed by atoms with Crippen molar-refractivity contribution in [1.82, 2.24) is 9.55 Å². The first kappa shape index (κ1) is 11.3. The van der Waals surface area contributed by atoms with E-state index in [1.165, 1.54) is 11.8 Å². The molecule has 1 heterocycles. The van der Waals surface area contributed by atoms with E-state index in [0.29, 0.717) is 5.69 Å². The zero-order valence-corrected chi connectivity index (χ0v) is 9.97. The highest BCUT2D eigenvalue weighted by Crippen LogP contribution is 2.20. The third-order valence-corrected chi connectivity index (χ3v) is 2.70. The predicted molar refractivity (Wildman–Crippen MR) is 64.8 cm³/mol. The minimum Gasteiger partial charge on any atom is -0.334 e. The van der Waals surface area contributed by atoms with E-state index in [9.17, 15) is 9.59 Å². The number of hydrogen-bond donors (Lipinski definition) is 0. The number of benzene rings is 1. The molecule has 5 nitrogen and oxygen atoms in total. The number of nitrogens with zero attached hydrogens (tertiary/aromatic N) is 3. The first-order valence-electron chi connectivity index (χ1n) is 5.20. The number of ketones is 1. The Balaban J connectivity index is 2.43. The highest BCUT2D eigenvalue weighted by molar-refractivity contribution is 6.40. The summed E-state index contributed by atoms with van der Waals surface area (Å²) < 4.78 is 1.89. The van der Waals surface area contributed by atoms with Gasteiger partial charge in [0.05, 0.1) is 17.4 Å². The van der Waals surface area contributed by atoms with Crippen LogP contribution in [0.25, 0.3) is 11.0 Å². The molecule has 0 saturated carbocycles. The number of aromatic nitrogens is 2. The second-order valence-corrected chi connectivity index (χ2v) is 3.95. The lowest BCUT2D eigenvalue weighted by Gasteiger charge is -2.15. The van der Waals surface area contributed by atoms with Crippen LogP contribution in [-0.4, -0.2) is 28.3 Å². The van der Waals surface area contributed by atoms with Crippen LogP contribution in [0, 0.1) is 0 Å². The molecule has 0 unspecified atom stereocenters. The largest absolute Gasteiger partial charge is 0.334 e. The minimum absolute atomic E-state index is 0.478. The van der Waals surface area contributed by atoms with Crippen LogP contribution in [-0.2, 0) is 16.6 Å². The lowest BCUT2D eigenvalue weighted by atomic mass is 10.2. The highest BCUT2D eigenvalue weighted by Gasteiger charge is 2.16. The summed E-state index contributed by atoms with van der Waals surface area (Å²) in [5.74, 6) is -1.01. The molecule has 0 spiro atoms. The molecule has 2 aromatic rings. The van der Waals surface area contributed by atoms with Gasteiger partial charge in [-0.05, 0) is 18.2 Å². The summed E-state index contributed by atoms with van der Waals surface area (Å²) in [6.07, 6.45) is 1.71. The molecule has 0 aliphatic carbocycles. The monoisotopic (exact) mass is 231 g/mol. The van der Waals surface area contributed by atoms with Gasteiger partial charge in [0.1, 0.15) is 0 Å². The van der Waals surface area contributed by atoms with Gasteiger partial charge in [-0.1, -0.05) is 0 Å². The maximum atomic E-state index is 11.5. The van der Waals surface area contributed by atoms with E-state index in [2.05, 4.69) is 4.98 Å². The molecule has 0 fully saturated rings. The molecule has 1 aromatic heterocycles. The van der Waals surface area contributed by atoms with Crippen LogP contribution in [0.1, 0.15) is 6.92 Å². The van der Waals surface area contributed by atoms with E-state index in [1.54, 1.807) is 25.5 Å². The van der Waals surface area contributed by atoms with Crippen molar-refractivity contribution in [2.75, 3.05) is 11.9 Å². The number of likely N-dealkylation sites (N-methyl/N-ethyl adjacent to an activating group) is 1. The molecule has 0 bridgehead atoms. The maximum Gasteiger partial charge on any atom is 0.293 e. The fraction of sp³-hybridized carbons (Fsp3) is 0.250. The Bertz CT molecular complexity index is 601. The summed E-state index contributed by atoms with van der Waals surface area (Å²) in [6, 6.07) is 5.46. The standard InChI is InChI=1S/C12H13N3O2/c1-8(16)12(17)15(3)9-4-5-11-10(6-9)13-7-14(11)2/h4-7H,1-3H3. The molecule has 17 heavy (non-hydrogen) atoms. The van der Waals surface area contributed by atoms with Crippen LogP contribution in [0.3, 0.4) is 0 Å². The molecular formula is C12H13N3O2. The topological polar surface area (TPSA) is 55.2 Å². The van der Waals surface area contributed by atoms with Crippen molar-refractivity contribution in [3.63, 3.8) is 0 Å². The van der Waals surface area contributed by atoms with E-state index >= 15 is 0 Å². The Morgan fingerprint density at radius 2 is 2.06 bits per heavy atom. The fourth-order valence-corrected chi connectivity index (χ4v) is 1.69. The second kappa shape index (κ2) is 4.01. The van der Waals surface area contributed by atoms with Gasteiger partial charge in [-0.3, -0.25) is 9.59 Å². The van der Waals surface area contributed by atoms with Gasteiger partial charge in [0.2, 0.25) is 5.78 Å². The average Bonchev–Trinajstić information content (AvgIpc) is 2.68. The van der Waals surface area contributed by atoms with Crippen molar-refractivity contribution >= 4 is 28.4 Å². The smallest absolute Gasteiger partial charge is 0.293 e. The number of amides is 1. The summed E-state index contributed by atoms with van der Waals surface area (Å²) >= 11 is 0. The molecule has 0 N–H and O–H groups in total. The van der Waals surface area contributed by atoms with E-state index in [-0.39, 0.29) is 0 Å². The van der Waals surface area contributed by atoms with Crippen molar-refractivity contribution in [1.29, 1.82) is 0 Å². The molecule has 0 aliphatic heterocycles. The number of hydrogen-bond acceptors (Lipinski definition) is 3. The molecular weight excluding hydrogens is 218 g/mol. The molecule has 1 amide bonds. The zero-order valence-electron chi connectivity index (χ0n) is 9.97. The minimum atomic E-state index is -0.528. The highest BCUT2D eigenvalue weighted by atomic mass is 16.2. The lowest BCUT2D eigenvalue weighted by Crippen LogP contribution is -2.31. The van der Waals surface area contributed by atoms with Gasteiger partial charge in [0.25, 0.3) is 5.91 Å². The molecule has 0 radical (unpaired) electrons. The molecule has 88 valence electrons. The summed E-state index contributed by atoms with van der Waals surface area (Å²) in [7, 11) is 3.48. The van der Waals surface area contributed by atoms with Gasteiger partial charge >= 0.3 is 0 Å². The van der Waals surface area contributed by atoms with E-state index in [1.807, 2.05) is 17.7 Å². The van der Waals surface area contributed by atoms with Crippen LogP contribution < -0.4 is 4.90 Å². The number of rotatable bonds is 2. The van der Waals surface area contributed by atoms with Crippen molar-refractivity contribution in [2.45, 2.75) is 6.92 Å². The molecule has 0 atom stereocenters. The van der Waals surface area contributed by atoms with Gasteiger partial charge < -0.3 is 9.47 Å². The summed E-state index contributed by atoms with van der Waals surface area (Å²) in [5.41, 5.74) is 2.45. The Kier molecular flexibility index (Phi) is 2.67. The number of carbonyl (C=O) groups excluding carboxylic acids is 2. The van der Waals surface area contributed by atoms with Crippen LogP contribution >= 0.6 is 0 Å². The number of Topliss-reactive ketones (excluding diaryl/α,β-unsaturated/α-hetero) is 1. The molecule has 0 aliphatic rings. The lowest BCUT2D eigenvalue weighted by molar-refractivity contribution is -0.134. The first-order valence-corrected chi connectivity index (χ1v) is 5.20. The van der Waals surface area contributed by atoms with E-state index < -0.39 is 11.7 Å². The molecule has 2 rings (SSSR count). The van der Waals surface area contributed by atoms with Gasteiger partial charge in [0, 0.05) is 26.7 Å². The van der Waals surface area contributed by atoms with Gasteiger partial charge in [-0.25, -0.2) is 4.98 Å². The number of aryl methyl sites for hydroxylation is 1. The Morgan fingerprint density at radius 3 is 2.71 bits per heavy atom. The van der Waals surface area contributed by atoms with Gasteiger partial charge in [0.15, 0.2) is 0 Å². The Hall–Kier alpha value is -2.17. The quantitative estimate of drug-likeness (QED) is 0.728. The Labute approximate surface area is 98.7 Å². The van der Waals surface area contributed by atoms with E-state index in [4.69, 9.17) is 0 Å². The molecule has 5 heteroatoms. The van der Waals surface area contributed by atoms with Gasteiger partial charge in [-0.2, -0.15) is 0 Å². The number of imidazole rings is 1. The number of fused-ring (bicyclic) bond motifs is 1. The maximum absolute atomic E-state index is 11.5. The SMILES string of the molecule is CC(=O)C(=O)N(C)c1ccc2c(c1)ncn2C. The number of carbonyl (C=O) groups is 2. The van der Waals surface area contributed by atoms with Crippen LogP contribution in [0.5, 0.6) is 0 Å². The Morgan fingerprint density at radius 1 is 1.35 bits per heavy atom. The third kappa shape index (κ3) is 1.91. The van der Waals surface area contributed by atoms with E-state index in [0.717, 1.165) is 11.0 Å². The van der Waals surface area contributed by atoms with Crippen LogP contribution in [0.15, 0.2) is 24.5 Å². The predicted octanol–water partition coefficient (Wildman–Crippen LogP) is 1.13. The van der Waals surface area contributed by atoms with Crippen LogP contribution in [0.4, 0.5) is 5.69 Å². The van der Waals surface area contributed by atoms with Crippen molar-refractivity contribution in [3.05, 3.63) is 24.5 Å². The first-order chi connectivity index (χ1) is 8.00. The molecule has 1 aromatic carbocycles.